The molecule has 0 saturated carbocycles. The molecule has 0 bridgehead atoms. The van der Waals surface area contributed by atoms with Crippen molar-refractivity contribution in [1.82, 2.24) is 9.80 Å². The van der Waals surface area contributed by atoms with Crippen LogP contribution in [0.5, 0.6) is 0 Å². The molecule has 2 aliphatic rings. The van der Waals surface area contributed by atoms with Crippen LogP contribution >= 0.6 is 11.8 Å². The van der Waals surface area contributed by atoms with E-state index in [1.807, 2.05) is 4.90 Å². The highest BCUT2D eigenvalue weighted by molar-refractivity contribution is 8.13. The molecule has 120 valence electrons. The summed E-state index contributed by atoms with van der Waals surface area (Å²) in [4.78, 5) is 27.5. The molecular weight excluding hydrogens is 288 g/mol. The van der Waals surface area contributed by atoms with Crippen LogP contribution in [0.25, 0.3) is 0 Å². The minimum atomic E-state index is 0.144. The van der Waals surface area contributed by atoms with Gasteiger partial charge in [-0.3, -0.25) is 9.59 Å². The number of carbonyl (C=O) groups excluding carboxylic acids is 2. The second-order valence-corrected chi connectivity index (χ2v) is 7.32. The van der Waals surface area contributed by atoms with Crippen molar-refractivity contribution in [3.05, 3.63) is 0 Å². The number of rotatable bonds is 7. The van der Waals surface area contributed by atoms with Crippen molar-refractivity contribution in [2.45, 2.75) is 19.8 Å². The van der Waals surface area contributed by atoms with E-state index in [0.29, 0.717) is 18.3 Å². The van der Waals surface area contributed by atoms with E-state index in [-0.39, 0.29) is 11.0 Å². The van der Waals surface area contributed by atoms with Gasteiger partial charge >= 0.3 is 0 Å². The third-order valence-corrected chi connectivity index (χ3v) is 5.32. The van der Waals surface area contributed by atoms with Crippen LogP contribution in [-0.4, -0.2) is 73.0 Å². The molecule has 6 heteroatoms. The first-order valence-corrected chi connectivity index (χ1v) is 8.69. The Bertz CT molecular complexity index is 378. The number of carbonyl (C=O) groups is 2. The summed E-state index contributed by atoms with van der Waals surface area (Å²) in [5.74, 6) is 1.98. The van der Waals surface area contributed by atoms with E-state index in [0.717, 1.165) is 45.1 Å². The molecular formula is C15H26N2O3S. The molecule has 21 heavy (non-hydrogen) atoms. The Balaban J connectivity index is 1.71. The van der Waals surface area contributed by atoms with Crippen LogP contribution in [0, 0.1) is 11.8 Å². The molecule has 1 amide bonds. The molecule has 2 rings (SSSR count). The lowest BCUT2D eigenvalue weighted by atomic mass is 10.1. The van der Waals surface area contributed by atoms with Crippen molar-refractivity contribution < 1.29 is 14.3 Å². The molecule has 2 atom stereocenters. The van der Waals surface area contributed by atoms with Gasteiger partial charge < -0.3 is 14.5 Å². The number of amides is 1. The van der Waals surface area contributed by atoms with Crippen molar-refractivity contribution >= 4 is 22.8 Å². The first kappa shape index (κ1) is 16.8. The first-order valence-electron chi connectivity index (χ1n) is 7.71. The monoisotopic (exact) mass is 314 g/mol. The molecule has 0 aromatic heterocycles. The molecule has 0 aromatic carbocycles. The summed E-state index contributed by atoms with van der Waals surface area (Å²) in [6.45, 7) is 7.24. The predicted molar refractivity (Wildman–Crippen MR) is 84.2 cm³/mol. The summed E-state index contributed by atoms with van der Waals surface area (Å²) in [5.41, 5.74) is 0. The van der Waals surface area contributed by atoms with Crippen LogP contribution in [0.3, 0.4) is 0 Å². The van der Waals surface area contributed by atoms with Gasteiger partial charge in [0.2, 0.25) is 5.91 Å². The Morgan fingerprint density at radius 1 is 1.38 bits per heavy atom. The summed E-state index contributed by atoms with van der Waals surface area (Å²) in [5, 5.41) is 0.144. The fraction of sp³-hybridized carbons (Fsp3) is 0.867. The topological polar surface area (TPSA) is 49.9 Å². The molecule has 2 fully saturated rings. The second kappa shape index (κ2) is 8.15. The SMILES string of the molecule is COCCN1CCC(CN2CC(CSC(C)=O)CC2=O)C1. The Morgan fingerprint density at radius 3 is 2.90 bits per heavy atom. The van der Waals surface area contributed by atoms with Gasteiger partial charge in [0, 0.05) is 52.4 Å². The highest BCUT2D eigenvalue weighted by Crippen LogP contribution is 2.25. The highest BCUT2D eigenvalue weighted by Gasteiger charge is 2.33. The standard InChI is InChI=1S/C15H26N2O3S/c1-12(18)21-11-14-7-15(19)17(10-14)9-13-3-4-16(8-13)5-6-20-2/h13-14H,3-11H2,1-2H3. The third kappa shape index (κ3) is 5.27. The van der Waals surface area contributed by atoms with E-state index >= 15 is 0 Å². The maximum absolute atomic E-state index is 12.1. The molecule has 2 saturated heterocycles. The Morgan fingerprint density at radius 2 is 2.19 bits per heavy atom. The minimum Gasteiger partial charge on any atom is -0.383 e. The lowest BCUT2D eigenvalue weighted by Gasteiger charge is -2.21. The van der Waals surface area contributed by atoms with E-state index in [1.54, 1.807) is 14.0 Å². The van der Waals surface area contributed by atoms with E-state index in [9.17, 15) is 9.59 Å². The van der Waals surface area contributed by atoms with Crippen LogP contribution in [0.15, 0.2) is 0 Å². The average Bonchev–Trinajstić information content (AvgIpc) is 3.02. The zero-order valence-corrected chi connectivity index (χ0v) is 13.9. The van der Waals surface area contributed by atoms with Crippen LogP contribution in [0.2, 0.25) is 0 Å². The number of thioether (sulfide) groups is 1. The van der Waals surface area contributed by atoms with Gasteiger partial charge in [0.1, 0.15) is 0 Å². The van der Waals surface area contributed by atoms with Gasteiger partial charge in [-0.25, -0.2) is 0 Å². The van der Waals surface area contributed by atoms with Crippen molar-refractivity contribution in [3.8, 4) is 0 Å². The maximum atomic E-state index is 12.1. The average molecular weight is 314 g/mol. The number of hydrogen-bond donors (Lipinski definition) is 0. The normalized spacial score (nSPS) is 26.8. The smallest absolute Gasteiger partial charge is 0.222 e. The maximum Gasteiger partial charge on any atom is 0.222 e. The number of hydrogen-bond acceptors (Lipinski definition) is 5. The van der Waals surface area contributed by atoms with Gasteiger partial charge in [0.15, 0.2) is 5.12 Å². The molecule has 0 spiro atoms. The van der Waals surface area contributed by atoms with Gasteiger partial charge in [-0.2, -0.15) is 0 Å². The summed E-state index contributed by atoms with van der Waals surface area (Å²) in [6, 6.07) is 0. The van der Waals surface area contributed by atoms with E-state index in [2.05, 4.69) is 4.90 Å². The van der Waals surface area contributed by atoms with Gasteiger partial charge in [-0.1, -0.05) is 11.8 Å². The fourth-order valence-corrected chi connectivity index (χ4v) is 3.87. The molecule has 0 radical (unpaired) electrons. The van der Waals surface area contributed by atoms with Crippen LogP contribution in [-0.2, 0) is 14.3 Å². The number of methoxy groups -OCH3 is 1. The molecule has 2 heterocycles. The molecule has 0 aromatic rings. The van der Waals surface area contributed by atoms with E-state index in [1.165, 1.54) is 18.2 Å². The van der Waals surface area contributed by atoms with Gasteiger partial charge in [-0.05, 0) is 24.8 Å². The van der Waals surface area contributed by atoms with Crippen molar-refractivity contribution in [2.24, 2.45) is 11.8 Å². The number of nitrogens with zero attached hydrogens (tertiary/aromatic N) is 2. The van der Waals surface area contributed by atoms with Crippen molar-refractivity contribution in [2.75, 3.05) is 52.2 Å². The Kier molecular flexibility index (Phi) is 6.51. The minimum absolute atomic E-state index is 0.144. The number of likely N-dealkylation sites (tertiary alicyclic amines) is 2. The summed E-state index contributed by atoms with van der Waals surface area (Å²) in [7, 11) is 1.73. The fourth-order valence-electron chi connectivity index (χ4n) is 3.17. The van der Waals surface area contributed by atoms with Crippen molar-refractivity contribution in [3.63, 3.8) is 0 Å². The molecule has 5 nitrogen and oxygen atoms in total. The zero-order valence-electron chi connectivity index (χ0n) is 13.0. The quantitative estimate of drug-likeness (QED) is 0.704. The Hall–Kier alpha value is -0.590. The second-order valence-electron chi connectivity index (χ2n) is 6.12. The van der Waals surface area contributed by atoms with Gasteiger partial charge in [0.05, 0.1) is 6.61 Å². The van der Waals surface area contributed by atoms with E-state index < -0.39 is 0 Å². The van der Waals surface area contributed by atoms with Crippen LogP contribution in [0.4, 0.5) is 0 Å². The number of ether oxygens (including phenoxy) is 1. The van der Waals surface area contributed by atoms with Crippen LogP contribution in [0.1, 0.15) is 19.8 Å². The molecule has 2 aliphatic heterocycles. The first-order chi connectivity index (χ1) is 10.1. The van der Waals surface area contributed by atoms with Gasteiger partial charge in [0.25, 0.3) is 0 Å². The highest BCUT2D eigenvalue weighted by atomic mass is 32.2. The zero-order chi connectivity index (χ0) is 15.2. The Labute approximate surface area is 131 Å². The van der Waals surface area contributed by atoms with Crippen LogP contribution < -0.4 is 0 Å². The van der Waals surface area contributed by atoms with Crippen molar-refractivity contribution in [1.29, 1.82) is 0 Å². The third-order valence-electron chi connectivity index (χ3n) is 4.28. The predicted octanol–water partition coefficient (Wildman–Crippen LogP) is 1.08. The lowest BCUT2D eigenvalue weighted by molar-refractivity contribution is -0.128. The largest absolute Gasteiger partial charge is 0.383 e. The summed E-state index contributed by atoms with van der Waals surface area (Å²) < 4.78 is 5.11. The van der Waals surface area contributed by atoms with E-state index in [4.69, 9.17) is 4.74 Å². The molecule has 0 N–H and O–H groups in total. The molecule has 2 unspecified atom stereocenters. The lowest BCUT2D eigenvalue weighted by Crippen LogP contribution is -2.33. The molecule has 0 aliphatic carbocycles. The summed E-state index contributed by atoms with van der Waals surface area (Å²) >= 11 is 1.34. The summed E-state index contributed by atoms with van der Waals surface area (Å²) in [6.07, 6.45) is 1.78. The van der Waals surface area contributed by atoms with Gasteiger partial charge in [-0.15, -0.1) is 0 Å².